The largest absolute Gasteiger partial charge is 0.396 e. The van der Waals surface area contributed by atoms with Crippen molar-refractivity contribution in [3.8, 4) is 11.3 Å². The molecule has 2 atom stereocenters. The molecule has 0 amide bonds. The van der Waals surface area contributed by atoms with Gasteiger partial charge in [0.25, 0.3) is 0 Å². The number of rotatable bonds is 5. The van der Waals surface area contributed by atoms with E-state index >= 15 is 0 Å². The molecule has 0 radical (unpaired) electrons. The molecule has 0 spiro atoms. The number of halogens is 2. The van der Waals surface area contributed by atoms with Crippen molar-refractivity contribution in [2.24, 2.45) is 11.8 Å². The molecule has 0 bridgehead atoms. The molecule has 2 aromatic carbocycles. The zero-order valence-corrected chi connectivity index (χ0v) is 18.9. The quantitative estimate of drug-likeness (QED) is 0.396. The van der Waals surface area contributed by atoms with E-state index in [0.717, 1.165) is 36.3 Å². The minimum Gasteiger partial charge on any atom is -0.396 e. The van der Waals surface area contributed by atoms with E-state index in [2.05, 4.69) is 27.1 Å². The van der Waals surface area contributed by atoms with E-state index < -0.39 is 11.6 Å². The van der Waals surface area contributed by atoms with Gasteiger partial charge in [0.1, 0.15) is 11.6 Å². The Balaban J connectivity index is 1.54. The Bertz CT molecular complexity index is 1310. The maximum Gasteiger partial charge on any atom is 0.135 e. The number of benzene rings is 2. The number of pyridine rings is 2. The lowest BCUT2D eigenvalue weighted by molar-refractivity contribution is 0.189. The summed E-state index contributed by atoms with van der Waals surface area (Å²) in [4.78, 5) is 11.2. The Morgan fingerprint density at radius 1 is 1.00 bits per heavy atom. The predicted octanol–water partition coefficient (Wildman–Crippen LogP) is 5.77. The highest BCUT2D eigenvalue weighted by Gasteiger charge is 2.26. The van der Waals surface area contributed by atoms with Gasteiger partial charge in [0.15, 0.2) is 0 Å². The number of nitrogens with zero attached hydrogens (tertiary/aromatic N) is 3. The fourth-order valence-corrected chi connectivity index (χ4v) is 4.84. The molecule has 1 fully saturated rings. The highest BCUT2D eigenvalue weighted by atomic mass is 19.1. The van der Waals surface area contributed by atoms with Crippen LogP contribution < -0.4 is 10.2 Å². The third-order valence-corrected chi connectivity index (χ3v) is 6.35. The number of nitrogens with one attached hydrogen (secondary N) is 1. The summed E-state index contributed by atoms with van der Waals surface area (Å²) >= 11 is 0. The van der Waals surface area contributed by atoms with Crippen LogP contribution in [0.5, 0.6) is 0 Å². The Kier molecular flexibility index (Phi) is 6.11. The van der Waals surface area contributed by atoms with Gasteiger partial charge in [-0.25, -0.2) is 13.8 Å². The van der Waals surface area contributed by atoms with Gasteiger partial charge < -0.3 is 15.3 Å². The molecule has 2 N–H and O–H groups in total. The van der Waals surface area contributed by atoms with Crippen LogP contribution in [-0.2, 0) is 0 Å². The van der Waals surface area contributed by atoms with Crippen molar-refractivity contribution in [2.45, 2.75) is 13.3 Å². The van der Waals surface area contributed by atoms with Crippen molar-refractivity contribution >= 4 is 28.0 Å². The number of piperidine rings is 1. The maximum atomic E-state index is 14.4. The second-order valence-electron chi connectivity index (χ2n) is 8.98. The summed E-state index contributed by atoms with van der Waals surface area (Å²) in [7, 11) is 0. The lowest BCUT2D eigenvalue weighted by Gasteiger charge is -2.38. The summed E-state index contributed by atoms with van der Waals surface area (Å²) in [5.41, 5.74) is 3.23. The molecule has 1 aliphatic heterocycles. The molecule has 2 unspecified atom stereocenters. The minimum absolute atomic E-state index is 0.140. The molecule has 5 nitrogen and oxygen atoms in total. The third-order valence-electron chi connectivity index (χ3n) is 6.35. The molecule has 1 aliphatic rings. The van der Waals surface area contributed by atoms with E-state index in [9.17, 15) is 13.9 Å². The molecule has 3 heterocycles. The number of hydrogen-bond acceptors (Lipinski definition) is 5. The van der Waals surface area contributed by atoms with Crippen LogP contribution >= 0.6 is 0 Å². The van der Waals surface area contributed by atoms with Crippen LogP contribution in [0.25, 0.3) is 22.2 Å². The molecule has 174 valence electrons. The number of para-hydroxylation sites is 1. The summed E-state index contributed by atoms with van der Waals surface area (Å²) in [5.74, 6) is -0.611. The standard InChI is InChI=1S/C27H26F2N4O/c1-17-12-18(16-34)15-33(14-17)25-10-11-30-13-24(25)31-23-7-2-4-19-8-9-22(32-27(19)23)26-20(28)5-3-6-21(26)29/h2-11,13,17-18,31,34H,12,14-16H2,1H3. The van der Waals surface area contributed by atoms with Crippen LogP contribution in [0, 0.1) is 23.5 Å². The topological polar surface area (TPSA) is 61.3 Å². The van der Waals surface area contributed by atoms with E-state index in [-0.39, 0.29) is 23.8 Å². The van der Waals surface area contributed by atoms with Crippen molar-refractivity contribution in [3.63, 3.8) is 0 Å². The summed E-state index contributed by atoms with van der Waals surface area (Å²) in [6.45, 7) is 4.02. The second kappa shape index (κ2) is 9.35. The highest BCUT2D eigenvalue weighted by molar-refractivity contribution is 5.94. The van der Waals surface area contributed by atoms with Crippen LogP contribution in [0.1, 0.15) is 13.3 Å². The molecule has 1 saturated heterocycles. The summed E-state index contributed by atoms with van der Waals surface area (Å²) in [6, 6.07) is 14.9. The highest BCUT2D eigenvalue weighted by Crippen LogP contribution is 2.35. The van der Waals surface area contributed by atoms with Gasteiger partial charge in [-0.05, 0) is 48.6 Å². The van der Waals surface area contributed by atoms with Gasteiger partial charge in [0.2, 0.25) is 0 Å². The molecule has 0 saturated carbocycles. The number of anilines is 3. The van der Waals surface area contributed by atoms with Crippen LogP contribution in [0.15, 0.2) is 67.0 Å². The zero-order chi connectivity index (χ0) is 23.7. The first kappa shape index (κ1) is 22.2. The number of hydrogen-bond donors (Lipinski definition) is 2. The minimum atomic E-state index is -0.649. The van der Waals surface area contributed by atoms with Gasteiger partial charge >= 0.3 is 0 Å². The lowest BCUT2D eigenvalue weighted by atomic mass is 9.90. The van der Waals surface area contributed by atoms with Crippen molar-refractivity contribution in [2.75, 3.05) is 29.9 Å². The Morgan fingerprint density at radius 3 is 2.59 bits per heavy atom. The number of aromatic nitrogens is 2. The number of aliphatic hydroxyl groups is 1. The van der Waals surface area contributed by atoms with Crippen molar-refractivity contribution in [3.05, 3.63) is 78.6 Å². The van der Waals surface area contributed by atoms with Crippen molar-refractivity contribution in [1.82, 2.24) is 9.97 Å². The summed E-state index contributed by atoms with van der Waals surface area (Å²) < 4.78 is 28.8. The van der Waals surface area contributed by atoms with Crippen LogP contribution in [0.2, 0.25) is 0 Å². The fourth-order valence-electron chi connectivity index (χ4n) is 4.84. The first-order valence-corrected chi connectivity index (χ1v) is 11.4. The molecule has 4 aromatic rings. The lowest BCUT2D eigenvalue weighted by Crippen LogP contribution is -2.41. The molecule has 2 aromatic heterocycles. The van der Waals surface area contributed by atoms with Crippen LogP contribution in [-0.4, -0.2) is 34.8 Å². The molecular weight excluding hydrogens is 434 g/mol. The summed E-state index contributed by atoms with van der Waals surface area (Å²) in [6.07, 6.45) is 4.53. The molecular formula is C27H26F2N4O. The Hall–Kier alpha value is -3.58. The number of aliphatic hydroxyl groups excluding tert-OH is 1. The second-order valence-corrected chi connectivity index (χ2v) is 8.98. The van der Waals surface area contributed by atoms with Crippen molar-refractivity contribution < 1.29 is 13.9 Å². The van der Waals surface area contributed by atoms with Gasteiger partial charge in [-0.1, -0.05) is 31.2 Å². The normalized spacial score (nSPS) is 18.3. The van der Waals surface area contributed by atoms with Crippen LogP contribution in [0.3, 0.4) is 0 Å². The Labute approximate surface area is 197 Å². The van der Waals surface area contributed by atoms with Gasteiger partial charge in [-0.3, -0.25) is 4.98 Å². The van der Waals surface area contributed by atoms with Gasteiger partial charge in [0, 0.05) is 31.3 Å². The molecule has 0 aliphatic carbocycles. The maximum absolute atomic E-state index is 14.4. The molecule has 5 rings (SSSR count). The van der Waals surface area contributed by atoms with Gasteiger partial charge in [-0.15, -0.1) is 0 Å². The first-order chi connectivity index (χ1) is 16.5. The van der Waals surface area contributed by atoms with E-state index in [4.69, 9.17) is 0 Å². The van der Waals surface area contributed by atoms with E-state index in [0.29, 0.717) is 17.1 Å². The first-order valence-electron chi connectivity index (χ1n) is 11.4. The monoisotopic (exact) mass is 460 g/mol. The van der Waals surface area contributed by atoms with E-state index in [1.165, 1.54) is 18.2 Å². The third kappa shape index (κ3) is 4.31. The van der Waals surface area contributed by atoms with Crippen LogP contribution in [0.4, 0.5) is 25.8 Å². The average Bonchev–Trinajstić information content (AvgIpc) is 2.84. The van der Waals surface area contributed by atoms with E-state index in [1.807, 2.05) is 30.3 Å². The molecule has 7 heteroatoms. The summed E-state index contributed by atoms with van der Waals surface area (Å²) in [5, 5.41) is 14.0. The average molecular weight is 461 g/mol. The van der Waals surface area contributed by atoms with Gasteiger partial charge in [0.05, 0.1) is 40.0 Å². The van der Waals surface area contributed by atoms with E-state index in [1.54, 1.807) is 18.5 Å². The SMILES string of the molecule is CC1CC(CO)CN(c2ccncc2Nc2cccc3ccc(-c4c(F)cccc4F)nc23)C1. The van der Waals surface area contributed by atoms with Gasteiger partial charge in [-0.2, -0.15) is 0 Å². The zero-order valence-electron chi connectivity index (χ0n) is 18.9. The molecule has 34 heavy (non-hydrogen) atoms. The number of fused-ring (bicyclic) bond motifs is 1. The smallest absolute Gasteiger partial charge is 0.135 e. The van der Waals surface area contributed by atoms with Crippen molar-refractivity contribution in [1.29, 1.82) is 0 Å². The predicted molar refractivity (Wildman–Crippen MR) is 131 cm³/mol. The fraction of sp³-hybridized carbons (Fsp3) is 0.259. The Morgan fingerprint density at radius 2 is 1.79 bits per heavy atom.